The van der Waals surface area contributed by atoms with Crippen molar-refractivity contribution < 1.29 is 19.0 Å². The number of nitrogens with zero attached hydrogens (tertiary/aromatic N) is 1. The summed E-state index contributed by atoms with van der Waals surface area (Å²) >= 11 is 0. The molecule has 0 saturated carbocycles. The van der Waals surface area contributed by atoms with Crippen LogP contribution in [0.15, 0.2) is 36.5 Å². The van der Waals surface area contributed by atoms with Gasteiger partial charge >= 0.3 is 6.09 Å². The van der Waals surface area contributed by atoms with Gasteiger partial charge in [-0.1, -0.05) is 19.9 Å². The summed E-state index contributed by atoms with van der Waals surface area (Å²) in [5.74, 6) is 0.212. The second kappa shape index (κ2) is 8.14. The predicted molar refractivity (Wildman–Crippen MR) is 98.8 cm³/mol. The Labute approximate surface area is 152 Å². The van der Waals surface area contributed by atoms with E-state index < -0.39 is 17.4 Å². The van der Waals surface area contributed by atoms with Gasteiger partial charge in [-0.15, -0.1) is 0 Å². The van der Waals surface area contributed by atoms with Crippen molar-refractivity contribution in [1.29, 1.82) is 0 Å². The average Bonchev–Trinajstić information content (AvgIpc) is 2.52. The summed E-state index contributed by atoms with van der Waals surface area (Å²) in [4.78, 5) is 14.6. The molecule has 0 radical (unpaired) electrons. The van der Waals surface area contributed by atoms with Crippen molar-refractivity contribution >= 4 is 11.9 Å². The van der Waals surface area contributed by atoms with Crippen molar-refractivity contribution in [3.05, 3.63) is 42.3 Å². The van der Waals surface area contributed by atoms with Crippen molar-refractivity contribution in [2.45, 2.75) is 32.7 Å². The van der Waals surface area contributed by atoms with Gasteiger partial charge in [-0.3, -0.25) is 5.32 Å². The monoisotopic (exact) mass is 361 g/mol. The zero-order valence-corrected chi connectivity index (χ0v) is 15.1. The summed E-state index contributed by atoms with van der Waals surface area (Å²) in [6.07, 6.45) is 1.01. The molecule has 7 heteroatoms. The average molecular weight is 361 g/mol. The third-order valence-electron chi connectivity index (χ3n) is 3.69. The number of benzene rings is 1. The molecule has 1 aromatic carbocycles. The number of nitrogens with two attached hydrogens (primary N) is 1. The van der Waals surface area contributed by atoms with Gasteiger partial charge in [-0.05, 0) is 54.7 Å². The number of aromatic nitrogens is 1. The lowest BCUT2D eigenvalue weighted by Crippen LogP contribution is -2.43. The van der Waals surface area contributed by atoms with Gasteiger partial charge in [0, 0.05) is 11.7 Å². The molecule has 1 aromatic heterocycles. The SMILES string of the molecule is CC(C)CC(C)(N)COc1ccc(-c2ccnc(NC(=O)O)c2)cc1F. The molecule has 6 nitrogen and oxygen atoms in total. The Bertz CT molecular complexity index is 778. The van der Waals surface area contributed by atoms with Crippen LogP contribution >= 0.6 is 0 Å². The Morgan fingerprint density at radius 3 is 2.65 bits per heavy atom. The summed E-state index contributed by atoms with van der Waals surface area (Å²) in [5.41, 5.74) is 6.87. The summed E-state index contributed by atoms with van der Waals surface area (Å²) < 4.78 is 20.0. The Balaban J connectivity index is 2.13. The first kappa shape index (κ1) is 19.7. The molecule has 140 valence electrons. The van der Waals surface area contributed by atoms with Crippen LogP contribution in [0, 0.1) is 11.7 Å². The van der Waals surface area contributed by atoms with Gasteiger partial charge in [0.1, 0.15) is 12.4 Å². The summed E-state index contributed by atoms with van der Waals surface area (Å²) in [5, 5.41) is 10.9. The number of hydrogen-bond donors (Lipinski definition) is 3. The third-order valence-corrected chi connectivity index (χ3v) is 3.69. The Kier molecular flexibility index (Phi) is 6.15. The van der Waals surface area contributed by atoms with E-state index in [1.165, 1.54) is 18.3 Å². The Morgan fingerprint density at radius 2 is 2.04 bits per heavy atom. The first-order valence-electron chi connectivity index (χ1n) is 8.34. The molecule has 1 amide bonds. The second-order valence-electron chi connectivity index (χ2n) is 7.05. The molecule has 0 fully saturated rings. The van der Waals surface area contributed by atoms with Crippen molar-refractivity contribution in [3.8, 4) is 16.9 Å². The van der Waals surface area contributed by atoms with Crippen LogP contribution in [0.3, 0.4) is 0 Å². The van der Waals surface area contributed by atoms with Crippen LogP contribution in [-0.2, 0) is 0 Å². The molecule has 1 unspecified atom stereocenters. The molecule has 4 N–H and O–H groups in total. The molecule has 0 saturated heterocycles. The van der Waals surface area contributed by atoms with E-state index in [0.29, 0.717) is 17.0 Å². The van der Waals surface area contributed by atoms with Crippen LogP contribution in [0.1, 0.15) is 27.2 Å². The molecule has 26 heavy (non-hydrogen) atoms. The number of anilines is 1. The highest BCUT2D eigenvalue weighted by molar-refractivity contribution is 5.82. The number of carbonyl (C=O) groups is 1. The van der Waals surface area contributed by atoms with Crippen molar-refractivity contribution in [3.63, 3.8) is 0 Å². The maximum Gasteiger partial charge on any atom is 0.410 e. The Morgan fingerprint density at radius 1 is 1.35 bits per heavy atom. The van der Waals surface area contributed by atoms with Gasteiger partial charge in [-0.2, -0.15) is 0 Å². The lowest BCUT2D eigenvalue weighted by atomic mass is 9.93. The van der Waals surface area contributed by atoms with E-state index in [-0.39, 0.29) is 18.2 Å². The molecule has 1 atom stereocenters. The van der Waals surface area contributed by atoms with E-state index in [4.69, 9.17) is 15.6 Å². The van der Waals surface area contributed by atoms with Crippen LogP contribution in [0.4, 0.5) is 15.0 Å². The number of hydrogen-bond acceptors (Lipinski definition) is 4. The van der Waals surface area contributed by atoms with E-state index in [0.717, 1.165) is 6.42 Å². The first-order valence-corrected chi connectivity index (χ1v) is 8.34. The minimum absolute atomic E-state index is 0.132. The van der Waals surface area contributed by atoms with E-state index in [9.17, 15) is 9.18 Å². The van der Waals surface area contributed by atoms with Crippen LogP contribution in [0.25, 0.3) is 11.1 Å². The smallest absolute Gasteiger partial charge is 0.410 e. The van der Waals surface area contributed by atoms with Crippen LogP contribution in [0.5, 0.6) is 5.75 Å². The normalized spacial score (nSPS) is 13.3. The molecule has 0 spiro atoms. The minimum atomic E-state index is -1.21. The number of nitrogens with one attached hydrogen (secondary N) is 1. The summed E-state index contributed by atoms with van der Waals surface area (Å²) in [6, 6.07) is 7.78. The number of pyridine rings is 1. The number of halogens is 1. The molecular weight excluding hydrogens is 337 g/mol. The van der Waals surface area contributed by atoms with Gasteiger partial charge in [0.05, 0.1) is 0 Å². The fourth-order valence-corrected chi connectivity index (χ4v) is 2.82. The standard InChI is InChI=1S/C19H24FN3O3/c1-12(2)10-19(3,21)11-26-16-5-4-13(8-15(16)20)14-6-7-22-17(9-14)23-18(24)25/h4-9,12H,10-11,21H2,1-3H3,(H,22,23)(H,24,25). The topological polar surface area (TPSA) is 97.5 Å². The fraction of sp³-hybridized carbons (Fsp3) is 0.368. The van der Waals surface area contributed by atoms with Crippen LogP contribution < -0.4 is 15.8 Å². The number of rotatable bonds is 7. The zero-order chi connectivity index (χ0) is 19.3. The Hall–Kier alpha value is -2.67. The van der Waals surface area contributed by atoms with Crippen LogP contribution in [-0.4, -0.2) is 28.3 Å². The maximum absolute atomic E-state index is 14.4. The van der Waals surface area contributed by atoms with Gasteiger partial charge in [-0.25, -0.2) is 14.2 Å². The summed E-state index contributed by atoms with van der Waals surface area (Å²) in [6.45, 7) is 6.24. The minimum Gasteiger partial charge on any atom is -0.489 e. The third kappa shape index (κ3) is 5.70. The molecule has 0 aliphatic carbocycles. The molecular formula is C19H24FN3O3. The fourth-order valence-electron chi connectivity index (χ4n) is 2.82. The lowest BCUT2D eigenvalue weighted by molar-refractivity contribution is 0.200. The molecule has 2 aromatic rings. The number of ether oxygens (including phenoxy) is 1. The first-order chi connectivity index (χ1) is 12.2. The number of carboxylic acid groups (broad SMARTS) is 1. The lowest BCUT2D eigenvalue weighted by Gasteiger charge is -2.26. The number of amides is 1. The van der Waals surface area contributed by atoms with Crippen molar-refractivity contribution in [1.82, 2.24) is 4.98 Å². The highest BCUT2D eigenvalue weighted by Gasteiger charge is 2.21. The van der Waals surface area contributed by atoms with Gasteiger partial charge in [0.25, 0.3) is 0 Å². The summed E-state index contributed by atoms with van der Waals surface area (Å²) in [7, 11) is 0. The quantitative estimate of drug-likeness (QED) is 0.689. The van der Waals surface area contributed by atoms with E-state index in [2.05, 4.69) is 24.1 Å². The van der Waals surface area contributed by atoms with E-state index in [1.807, 2.05) is 6.92 Å². The maximum atomic E-state index is 14.4. The van der Waals surface area contributed by atoms with Gasteiger partial charge in [0.2, 0.25) is 0 Å². The largest absolute Gasteiger partial charge is 0.489 e. The van der Waals surface area contributed by atoms with Crippen molar-refractivity contribution in [2.75, 3.05) is 11.9 Å². The van der Waals surface area contributed by atoms with Crippen LogP contribution in [0.2, 0.25) is 0 Å². The van der Waals surface area contributed by atoms with Crippen molar-refractivity contribution in [2.24, 2.45) is 11.7 Å². The molecule has 0 aliphatic rings. The van der Waals surface area contributed by atoms with E-state index in [1.54, 1.807) is 18.2 Å². The highest BCUT2D eigenvalue weighted by atomic mass is 19.1. The molecule has 0 aliphatic heterocycles. The zero-order valence-electron chi connectivity index (χ0n) is 15.1. The highest BCUT2D eigenvalue weighted by Crippen LogP contribution is 2.27. The predicted octanol–water partition coefficient (Wildman–Crippen LogP) is 4.12. The van der Waals surface area contributed by atoms with Gasteiger partial charge in [0.15, 0.2) is 11.6 Å². The second-order valence-corrected chi connectivity index (χ2v) is 7.05. The van der Waals surface area contributed by atoms with Gasteiger partial charge < -0.3 is 15.6 Å². The molecule has 0 bridgehead atoms. The molecule has 2 rings (SSSR count). The molecule has 1 heterocycles. The van der Waals surface area contributed by atoms with E-state index >= 15 is 0 Å².